The summed E-state index contributed by atoms with van der Waals surface area (Å²) in [5, 5.41) is 21.5. The number of esters is 1. The molecule has 18 heteroatoms. The average molecular weight is 659 g/mol. The van der Waals surface area contributed by atoms with E-state index in [2.05, 4.69) is 10.1 Å². The van der Waals surface area contributed by atoms with Crippen molar-refractivity contribution < 1.29 is 68.5 Å². The van der Waals surface area contributed by atoms with Gasteiger partial charge < -0.3 is 20.3 Å². The third-order valence-electron chi connectivity index (χ3n) is 7.04. The minimum absolute atomic E-state index is 0.243. The number of nitrogens with one attached hydrogen (secondary N) is 1. The molecule has 2 aromatic rings. The first-order valence-electron chi connectivity index (χ1n) is 12.5. The van der Waals surface area contributed by atoms with Crippen LogP contribution in [0, 0.1) is 5.82 Å². The zero-order chi connectivity index (χ0) is 33.5. The molecule has 2 atom stereocenters. The van der Waals surface area contributed by atoms with Gasteiger partial charge in [0.1, 0.15) is 11.4 Å². The van der Waals surface area contributed by atoms with Crippen LogP contribution in [0.3, 0.4) is 0 Å². The van der Waals surface area contributed by atoms with Crippen molar-refractivity contribution in [2.45, 2.75) is 67.0 Å². The van der Waals surface area contributed by atoms with Crippen molar-refractivity contribution in [3.63, 3.8) is 0 Å². The second-order valence-electron chi connectivity index (χ2n) is 10.1. The van der Waals surface area contributed by atoms with Gasteiger partial charge in [0.25, 0.3) is 15.6 Å². The molecule has 0 aromatic heterocycles. The number of amides is 1. The summed E-state index contributed by atoms with van der Waals surface area (Å²) >= 11 is 0. The van der Waals surface area contributed by atoms with Crippen LogP contribution in [0.1, 0.15) is 37.3 Å². The average Bonchev–Trinajstić information content (AvgIpc) is 2.90. The summed E-state index contributed by atoms with van der Waals surface area (Å²) in [5.74, 6) is -4.56. The predicted octanol–water partition coefficient (Wildman–Crippen LogP) is 3.56. The van der Waals surface area contributed by atoms with Gasteiger partial charge in [-0.3, -0.25) is 13.9 Å². The van der Waals surface area contributed by atoms with Gasteiger partial charge in [-0.25, -0.2) is 17.6 Å². The van der Waals surface area contributed by atoms with Crippen LogP contribution in [-0.4, -0.2) is 67.5 Å². The van der Waals surface area contributed by atoms with E-state index in [-0.39, 0.29) is 24.5 Å². The number of carbonyl (C=O) groups is 3. The van der Waals surface area contributed by atoms with E-state index in [9.17, 15) is 63.7 Å². The van der Waals surface area contributed by atoms with Crippen molar-refractivity contribution in [3.05, 3.63) is 59.4 Å². The number of fused-ring (bicyclic) bond motifs is 1. The number of carboxylic acid groups (broad SMARTS) is 1. The fourth-order valence-corrected chi connectivity index (χ4v) is 6.40. The summed E-state index contributed by atoms with van der Waals surface area (Å²) in [6.07, 6.45) is -14.8. The summed E-state index contributed by atoms with van der Waals surface area (Å²) < 4.78 is 127. The maximum Gasteiger partial charge on any atom is 0.430 e. The molecule has 10 nitrogen and oxygen atoms in total. The molecular formula is C26H25F7N2O8S. The Balaban J connectivity index is 2.12. The van der Waals surface area contributed by atoms with Gasteiger partial charge >= 0.3 is 24.3 Å². The zero-order valence-electron chi connectivity index (χ0n) is 22.8. The number of aryl methyl sites for hydroxylation is 1. The van der Waals surface area contributed by atoms with Gasteiger partial charge in [0.15, 0.2) is 0 Å². The van der Waals surface area contributed by atoms with Gasteiger partial charge in [0.2, 0.25) is 5.91 Å². The fourth-order valence-electron chi connectivity index (χ4n) is 4.69. The van der Waals surface area contributed by atoms with E-state index in [4.69, 9.17) is 0 Å². The molecule has 0 radical (unpaired) electrons. The Labute approximate surface area is 245 Å². The first kappa shape index (κ1) is 34.6. The topological polar surface area (TPSA) is 150 Å². The number of halogens is 7. The first-order valence-corrected chi connectivity index (χ1v) is 13.9. The molecule has 3 rings (SSSR count). The molecule has 0 saturated heterocycles. The van der Waals surface area contributed by atoms with E-state index in [1.54, 1.807) is 0 Å². The summed E-state index contributed by atoms with van der Waals surface area (Å²) in [5.41, 5.74) is -9.94. The molecule has 242 valence electrons. The van der Waals surface area contributed by atoms with E-state index in [1.165, 1.54) is 0 Å². The number of anilines is 1. The zero-order valence-corrected chi connectivity index (χ0v) is 23.6. The molecule has 0 fully saturated rings. The molecule has 3 N–H and O–H groups in total. The van der Waals surface area contributed by atoms with Gasteiger partial charge in [0.05, 0.1) is 30.2 Å². The summed E-state index contributed by atoms with van der Waals surface area (Å²) in [6.45, 7) is 0.983. The first-order chi connectivity index (χ1) is 20.1. The number of aliphatic carboxylic acids is 1. The second-order valence-corrected chi connectivity index (χ2v) is 12.0. The highest BCUT2D eigenvalue weighted by atomic mass is 32.2. The second kappa shape index (κ2) is 11.9. The molecule has 44 heavy (non-hydrogen) atoms. The Morgan fingerprint density at radius 3 is 2.09 bits per heavy atom. The van der Waals surface area contributed by atoms with Crippen LogP contribution in [-0.2, 0) is 41.2 Å². The van der Waals surface area contributed by atoms with Crippen LogP contribution in [0.2, 0.25) is 0 Å². The van der Waals surface area contributed by atoms with Crippen molar-refractivity contribution in [1.29, 1.82) is 0 Å². The molecule has 2 aromatic carbocycles. The van der Waals surface area contributed by atoms with Gasteiger partial charge in [-0.15, -0.1) is 0 Å². The number of hydrogen-bond donors (Lipinski definition) is 3. The number of ether oxygens (including phenoxy) is 1. The lowest BCUT2D eigenvalue weighted by atomic mass is 9.87. The SMILES string of the molecule is COC(=O)CC(C)(NC(=O)C[C@@H]1CCc2cc(C(O)(C(F)(F)F)C(F)(F)F)ccc2N1S(=O)(=O)c1ccc(F)cc1)C(=O)O. The summed E-state index contributed by atoms with van der Waals surface area (Å²) in [6, 6.07) is 3.06. The molecule has 1 aliphatic rings. The minimum Gasteiger partial charge on any atom is -0.479 e. The van der Waals surface area contributed by atoms with E-state index >= 15 is 0 Å². The number of carbonyl (C=O) groups excluding carboxylic acids is 2. The van der Waals surface area contributed by atoms with Crippen LogP contribution >= 0.6 is 0 Å². The quantitative estimate of drug-likeness (QED) is 0.274. The molecule has 1 heterocycles. The lowest BCUT2D eigenvalue weighted by Crippen LogP contribution is -2.55. The van der Waals surface area contributed by atoms with Crippen molar-refractivity contribution >= 4 is 33.6 Å². The van der Waals surface area contributed by atoms with Crippen LogP contribution in [0.5, 0.6) is 0 Å². The maximum atomic E-state index is 13.7. The van der Waals surface area contributed by atoms with Crippen molar-refractivity contribution in [2.24, 2.45) is 0 Å². The van der Waals surface area contributed by atoms with Gasteiger partial charge in [0, 0.05) is 12.0 Å². The van der Waals surface area contributed by atoms with E-state index < -0.39 is 92.2 Å². The predicted molar refractivity (Wildman–Crippen MR) is 136 cm³/mol. The minimum atomic E-state index is -6.21. The highest BCUT2D eigenvalue weighted by Crippen LogP contribution is 2.51. The van der Waals surface area contributed by atoms with E-state index in [1.807, 2.05) is 0 Å². The van der Waals surface area contributed by atoms with Crippen LogP contribution in [0.4, 0.5) is 36.4 Å². The number of carboxylic acids is 1. The highest BCUT2D eigenvalue weighted by Gasteiger charge is 2.71. The molecule has 0 aliphatic carbocycles. The number of methoxy groups -OCH3 is 1. The van der Waals surface area contributed by atoms with Crippen molar-refractivity contribution in [2.75, 3.05) is 11.4 Å². The van der Waals surface area contributed by atoms with E-state index in [0.29, 0.717) is 16.4 Å². The molecular weight excluding hydrogens is 633 g/mol. The molecule has 1 aliphatic heterocycles. The molecule has 0 bridgehead atoms. The lowest BCUT2D eigenvalue weighted by molar-refractivity contribution is -0.376. The number of aliphatic hydroxyl groups is 1. The fraction of sp³-hybridized carbons (Fsp3) is 0.423. The largest absolute Gasteiger partial charge is 0.479 e. The summed E-state index contributed by atoms with van der Waals surface area (Å²) in [7, 11) is -3.81. The normalized spacial score (nSPS) is 17.3. The number of rotatable bonds is 9. The van der Waals surface area contributed by atoms with Crippen molar-refractivity contribution in [1.82, 2.24) is 5.32 Å². The monoisotopic (exact) mass is 658 g/mol. The smallest absolute Gasteiger partial charge is 0.430 e. The van der Waals surface area contributed by atoms with Gasteiger partial charge in [-0.2, -0.15) is 26.3 Å². The van der Waals surface area contributed by atoms with Crippen LogP contribution in [0.15, 0.2) is 47.4 Å². The van der Waals surface area contributed by atoms with Crippen molar-refractivity contribution in [3.8, 4) is 0 Å². The summed E-state index contributed by atoms with van der Waals surface area (Å²) in [4.78, 5) is 36.0. The lowest BCUT2D eigenvalue weighted by Gasteiger charge is -2.39. The number of nitrogens with zero attached hydrogens (tertiary/aromatic N) is 1. The molecule has 1 unspecified atom stereocenters. The van der Waals surface area contributed by atoms with E-state index in [0.717, 1.165) is 38.3 Å². The Bertz CT molecular complexity index is 1530. The molecule has 1 amide bonds. The number of alkyl halides is 6. The van der Waals surface area contributed by atoms with Crippen LogP contribution in [0.25, 0.3) is 0 Å². The van der Waals surface area contributed by atoms with Gasteiger partial charge in [-0.1, -0.05) is 12.1 Å². The Hall–Kier alpha value is -3.93. The Morgan fingerprint density at radius 1 is 1.02 bits per heavy atom. The number of hydrogen-bond acceptors (Lipinski definition) is 7. The maximum absolute atomic E-state index is 13.7. The molecule has 0 saturated carbocycles. The number of sulfonamides is 1. The van der Waals surface area contributed by atoms with Crippen LogP contribution < -0.4 is 9.62 Å². The third kappa shape index (κ3) is 6.45. The number of benzene rings is 2. The Morgan fingerprint density at radius 2 is 1.59 bits per heavy atom. The van der Waals surface area contributed by atoms with Gasteiger partial charge in [-0.05, 0) is 55.7 Å². The standard InChI is InChI=1S/C26H25F7N2O8S/c1-23(22(38)39,13-21(37)43-2)34-20(36)12-17-7-3-14-11-15(24(40,25(28,29)30)26(31,32)33)4-10-19(14)35(17)44(41,42)18-8-5-16(27)6-9-18/h4-6,8-11,17,40H,3,7,12-13H2,1-2H3,(H,34,36)(H,38,39)/t17-,23?/m0/s1. The Kier molecular flexibility index (Phi) is 9.32. The third-order valence-corrected chi connectivity index (χ3v) is 8.92. The highest BCUT2D eigenvalue weighted by molar-refractivity contribution is 7.92. The molecule has 0 spiro atoms.